The molecule has 0 aliphatic carbocycles. The highest BCUT2D eigenvalue weighted by molar-refractivity contribution is 6.37. The highest BCUT2D eigenvalue weighted by Crippen LogP contribution is 2.44. The molecule has 0 saturated carbocycles. The Labute approximate surface area is 218 Å². The van der Waals surface area contributed by atoms with Crippen LogP contribution in [0, 0.1) is 11.3 Å². The van der Waals surface area contributed by atoms with Crippen molar-refractivity contribution in [3.05, 3.63) is 92.8 Å². The number of esters is 1. The van der Waals surface area contributed by atoms with Crippen molar-refractivity contribution in [1.29, 1.82) is 5.26 Å². The second-order valence-electron chi connectivity index (χ2n) is 7.90. The lowest BCUT2D eigenvalue weighted by molar-refractivity contribution is 0.0734. The van der Waals surface area contributed by atoms with Crippen LogP contribution in [0.25, 0.3) is 0 Å². The summed E-state index contributed by atoms with van der Waals surface area (Å²) in [6, 6.07) is 17.3. The summed E-state index contributed by atoms with van der Waals surface area (Å²) in [5.74, 6) is 0.465. The maximum absolute atomic E-state index is 12.8. The SMILES string of the molecule is CCCOc1c(Cl)cc(C(=O)Oc2ccc3c(c2)OC(N)=C(C#N)C3c2ccc(OC)cc2)cc1Cl. The summed E-state index contributed by atoms with van der Waals surface area (Å²) in [5, 5.41) is 10.2. The van der Waals surface area contributed by atoms with Crippen LogP contribution < -0.4 is 24.7 Å². The highest BCUT2D eigenvalue weighted by Gasteiger charge is 2.31. The first-order valence-electron chi connectivity index (χ1n) is 11.1. The molecule has 0 fully saturated rings. The topological polar surface area (TPSA) is 104 Å². The van der Waals surface area contributed by atoms with Gasteiger partial charge in [-0.25, -0.2) is 4.79 Å². The van der Waals surface area contributed by atoms with E-state index in [1.165, 1.54) is 12.1 Å². The number of halogens is 2. The van der Waals surface area contributed by atoms with Crippen LogP contribution in [0.1, 0.15) is 40.7 Å². The monoisotopic (exact) mass is 524 g/mol. The summed E-state index contributed by atoms with van der Waals surface area (Å²) < 4.78 is 22.0. The molecule has 0 amide bonds. The zero-order chi connectivity index (χ0) is 25.8. The molecule has 1 aliphatic rings. The third kappa shape index (κ3) is 5.06. The lowest BCUT2D eigenvalue weighted by Gasteiger charge is -2.26. The van der Waals surface area contributed by atoms with Crippen molar-refractivity contribution < 1.29 is 23.7 Å². The summed E-state index contributed by atoms with van der Waals surface area (Å²) >= 11 is 12.5. The number of ether oxygens (including phenoxy) is 4. The van der Waals surface area contributed by atoms with E-state index in [2.05, 4.69) is 6.07 Å². The summed E-state index contributed by atoms with van der Waals surface area (Å²) in [4.78, 5) is 12.8. The molecule has 36 heavy (non-hydrogen) atoms. The predicted molar refractivity (Wildman–Crippen MR) is 136 cm³/mol. The van der Waals surface area contributed by atoms with Crippen LogP contribution in [0.2, 0.25) is 10.0 Å². The van der Waals surface area contributed by atoms with Gasteiger partial charge < -0.3 is 24.7 Å². The van der Waals surface area contributed by atoms with E-state index in [-0.39, 0.29) is 32.8 Å². The van der Waals surface area contributed by atoms with Gasteiger partial charge in [-0.15, -0.1) is 0 Å². The smallest absolute Gasteiger partial charge is 0.343 e. The van der Waals surface area contributed by atoms with E-state index in [0.29, 0.717) is 29.4 Å². The summed E-state index contributed by atoms with van der Waals surface area (Å²) in [7, 11) is 1.58. The first kappa shape index (κ1) is 25.2. The average molecular weight is 525 g/mol. The minimum absolute atomic E-state index is 0.0180. The normalized spacial score (nSPS) is 14.4. The second-order valence-corrected chi connectivity index (χ2v) is 8.72. The first-order chi connectivity index (χ1) is 17.4. The zero-order valence-electron chi connectivity index (χ0n) is 19.5. The lowest BCUT2D eigenvalue weighted by atomic mass is 9.83. The Kier molecular flexibility index (Phi) is 7.58. The third-order valence-electron chi connectivity index (χ3n) is 5.53. The van der Waals surface area contributed by atoms with Gasteiger partial charge in [-0.3, -0.25) is 0 Å². The fourth-order valence-corrected chi connectivity index (χ4v) is 4.42. The number of nitrogens with zero attached hydrogens (tertiary/aromatic N) is 1. The van der Waals surface area contributed by atoms with Crippen molar-refractivity contribution in [3.63, 3.8) is 0 Å². The zero-order valence-corrected chi connectivity index (χ0v) is 21.0. The van der Waals surface area contributed by atoms with Crippen LogP contribution >= 0.6 is 23.2 Å². The molecule has 7 nitrogen and oxygen atoms in total. The molecular formula is C27H22Cl2N2O5. The van der Waals surface area contributed by atoms with Gasteiger partial charge in [-0.05, 0) is 42.3 Å². The quantitative estimate of drug-likeness (QED) is 0.288. The van der Waals surface area contributed by atoms with Gasteiger partial charge in [0.1, 0.15) is 28.9 Å². The summed E-state index contributed by atoms with van der Waals surface area (Å²) in [5.41, 5.74) is 8.06. The molecule has 0 radical (unpaired) electrons. The van der Waals surface area contributed by atoms with Gasteiger partial charge in [0.2, 0.25) is 5.88 Å². The van der Waals surface area contributed by atoms with Gasteiger partial charge in [0.05, 0.1) is 35.2 Å². The molecule has 9 heteroatoms. The van der Waals surface area contributed by atoms with Crippen LogP contribution in [0.4, 0.5) is 0 Å². The van der Waals surface area contributed by atoms with Gasteiger partial charge in [0.15, 0.2) is 5.75 Å². The van der Waals surface area contributed by atoms with Crippen LogP contribution in [-0.4, -0.2) is 19.7 Å². The van der Waals surface area contributed by atoms with Gasteiger partial charge in [-0.1, -0.05) is 48.3 Å². The van der Waals surface area contributed by atoms with E-state index in [0.717, 1.165) is 12.0 Å². The lowest BCUT2D eigenvalue weighted by Crippen LogP contribution is -2.21. The van der Waals surface area contributed by atoms with E-state index in [4.69, 9.17) is 47.9 Å². The van der Waals surface area contributed by atoms with Crippen molar-refractivity contribution in [1.82, 2.24) is 0 Å². The number of carbonyl (C=O) groups is 1. The number of hydrogen-bond donors (Lipinski definition) is 1. The summed E-state index contributed by atoms with van der Waals surface area (Å²) in [6.07, 6.45) is 0.783. The van der Waals surface area contributed by atoms with E-state index >= 15 is 0 Å². The average Bonchev–Trinajstić information content (AvgIpc) is 2.87. The molecule has 1 atom stereocenters. The molecule has 3 aromatic rings. The van der Waals surface area contributed by atoms with E-state index < -0.39 is 11.9 Å². The number of nitriles is 1. The molecular weight excluding hydrogens is 503 g/mol. The Morgan fingerprint density at radius 3 is 2.36 bits per heavy atom. The third-order valence-corrected chi connectivity index (χ3v) is 6.10. The Balaban J connectivity index is 1.62. The Bertz CT molecular complexity index is 1360. The Hall–Kier alpha value is -3.86. The number of hydrogen-bond acceptors (Lipinski definition) is 7. The van der Waals surface area contributed by atoms with Gasteiger partial charge in [0.25, 0.3) is 0 Å². The number of methoxy groups -OCH3 is 1. The minimum Gasteiger partial charge on any atom is -0.497 e. The number of rotatable bonds is 7. The Morgan fingerprint density at radius 1 is 1.08 bits per heavy atom. The van der Waals surface area contributed by atoms with Crippen molar-refractivity contribution in [2.75, 3.05) is 13.7 Å². The maximum atomic E-state index is 12.8. The number of allylic oxidation sites excluding steroid dienone is 1. The number of carbonyl (C=O) groups excluding carboxylic acids is 1. The highest BCUT2D eigenvalue weighted by atomic mass is 35.5. The molecule has 1 heterocycles. The molecule has 0 bridgehead atoms. The van der Waals surface area contributed by atoms with Crippen LogP contribution in [-0.2, 0) is 0 Å². The molecule has 1 aliphatic heterocycles. The van der Waals surface area contributed by atoms with Crippen molar-refractivity contribution in [2.24, 2.45) is 5.73 Å². The maximum Gasteiger partial charge on any atom is 0.343 e. The molecule has 0 aromatic heterocycles. The number of fused-ring (bicyclic) bond motifs is 1. The van der Waals surface area contributed by atoms with E-state index in [1.807, 2.05) is 19.1 Å². The summed E-state index contributed by atoms with van der Waals surface area (Å²) in [6.45, 7) is 2.40. The van der Waals surface area contributed by atoms with Gasteiger partial charge in [-0.2, -0.15) is 5.26 Å². The predicted octanol–water partition coefficient (Wildman–Crippen LogP) is 6.23. The second kappa shape index (κ2) is 10.8. The van der Waals surface area contributed by atoms with Crippen molar-refractivity contribution in [2.45, 2.75) is 19.3 Å². The van der Waals surface area contributed by atoms with Crippen LogP contribution in [0.15, 0.2) is 66.1 Å². The van der Waals surface area contributed by atoms with E-state index in [9.17, 15) is 10.1 Å². The standard InChI is InChI=1S/C27H22Cl2N2O5/c1-3-10-34-25-21(28)11-16(12-22(25)29)27(32)35-18-8-9-19-23(13-18)36-26(31)20(14-30)24(19)15-4-6-17(33-2)7-5-15/h4-9,11-13,24H,3,10,31H2,1-2H3. The fourth-order valence-electron chi connectivity index (χ4n) is 3.82. The number of nitrogens with two attached hydrogens (primary N) is 1. The first-order valence-corrected chi connectivity index (χ1v) is 11.8. The van der Waals surface area contributed by atoms with Crippen LogP contribution in [0.3, 0.4) is 0 Å². The molecule has 2 N–H and O–H groups in total. The minimum atomic E-state index is -0.662. The van der Waals surface area contributed by atoms with Crippen molar-refractivity contribution in [3.8, 4) is 29.1 Å². The molecule has 3 aromatic carbocycles. The van der Waals surface area contributed by atoms with Gasteiger partial charge >= 0.3 is 5.97 Å². The molecule has 184 valence electrons. The fraction of sp³-hybridized carbons (Fsp3) is 0.185. The van der Waals surface area contributed by atoms with E-state index in [1.54, 1.807) is 37.4 Å². The largest absolute Gasteiger partial charge is 0.497 e. The number of benzene rings is 3. The molecule has 4 rings (SSSR count). The Morgan fingerprint density at radius 2 is 1.75 bits per heavy atom. The molecule has 0 spiro atoms. The molecule has 1 unspecified atom stereocenters. The van der Waals surface area contributed by atoms with Crippen molar-refractivity contribution >= 4 is 29.2 Å². The van der Waals surface area contributed by atoms with Gasteiger partial charge in [0, 0.05) is 11.6 Å². The molecule has 0 saturated heterocycles. The van der Waals surface area contributed by atoms with Crippen LogP contribution in [0.5, 0.6) is 23.0 Å².